The van der Waals surface area contributed by atoms with E-state index in [9.17, 15) is 4.79 Å². The second-order valence-electron chi connectivity index (χ2n) is 3.02. The first-order valence-corrected chi connectivity index (χ1v) is 5.13. The van der Waals surface area contributed by atoms with E-state index in [1.54, 1.807) is 11.1 Å². The van der Waals surface area contributed by atoms with E-state index in [-0.39, 0.29) is 12.5 Å². The molecule has 0 atom stereocenters. The minimum absolute atomic E-state index is 0.0184. The minimum Gasteiger partial charge on any atom is -0.481 e. The van der Waals surface area contributed by atoms with Gasteiger partial charge in [-0.05, 0) is 20.8 Å². The Morgan fingerprint density at radius 2 is 2.00 bits per heavy atom. The average molecular weight is 214 g/mol. The van der Waals surface area contributed by atoms with Crippen molar-refractivity contribution in [3.05, 3.63) is 11.8 Å². The number of carbonyl (C=O) groups is 1. The predicted octanol–water partition coefficient (Wildman–Crippen LogP) is 2.72. The molecule has 0 unspecified atom stereocenters. The maximum Gasteiger partial charge on any atom is 0.307 e. The fourth-order valence-corrected chi connectivity index (χ4v) is 1.01. The predicted molar refractivity (Wildman–Crippen MR) is 63.9 cm³/mol. The van der Waals surface area contributed by atoms with Crippen molar-refractivity contribution in [1.29, 1.82) is 0 Å². The maximum absolute atomic E-state index is 10.3. The van der Waals surface area contributed by atoms with E-state index < -0.39 is 5.97 Å². The lowest BCUT2D eigenvalue weighted by atomic mass is 10.3. The van der Waals surface area contributed by atoms with E-state index >= 15 is 0 Å². The number of carboxylic acids is 1. The molecule has 0 spiro atoms. The molecule has 0 aromatic rings. The van der Waals surface area contributed by atoms with E-state index in [1.807, 2.05) is 34.6 Å². The van der Waals surface area contributed by atoms with Crippen molar-refractivity contribution in [1.82, 2.24) is 5.01 Å². The number of hydrazone groups is 1. The normalized spacial score (nSPS) is 10.4. The summed E-state index contributed by atoms with van der Waals surface area (Å²) in [4.78, 5) is 10.3. The van der Waals surface area contributed by atoms with Crippen LogP contribution in [-0.4, -0.2) is 28.8 Å². The van der Waals surface area contributed by atoms with E-state index in [2.05, 4.69) is 11.8 Å². The lowest BCUT2D eigenvalue weighted by Gasteiger charge is -2.23. The van der Waals surface area contributed by atoms with Crippen LogP contribution in [0, 0.1) is 0 Å². The quantitative estimate of drug-likeness (QED) is 0.565. The molecule has 4 heteroatoms. The van der Waals surface area contributed by atoms with Crippen molar-refractivity contribution >= 4 is 12.7 Å². The zero-order valence-electron chi connectivity index (χ0n) is 10.3. The molecule has 0 fully saturated rings. The Bertz CT molecular complexity index is 223. The fourth-order valence-electron chi connectivity index (χ4n) is 1.01. The Balaban J connectivity index is 0. The zero-order valence-corrected chi connectivity index (χ0v) is 10.3. The third kappa shape index (κ3) is 7.73. The lowest BCUT2D eigenvalue weighted by molar-refractivity contribution is -0.136. The molecular formula is C11H22N2O2. The minimum atomic E-state index is -0.841. The molecule has 0 saturated heterocycles. The molecule has 0 aromatic heterocycles. The molecule has 0 saturated carbocycles. The molecule has 0 aliphatic heterocycles. The molecule has 4 nitrogen and oxygen atoms in total. The zero-order chi connectivity index (χ0) is 12.4. The summed E-state index contributed by atoms with van der Waals surface area (Å²) in [7, 11) is 0. The summed E-state index contributed by atoms with van der Waals surface area (Å²) in [5, 5.41) is 13.9. The van der Waals surface area contributed by atoms with Gasteiger partial charge in [-0.2, -0.15) is 5.10 Å². The molecule has 0 heterocycles. The van der Waals surface area contributed by atoms with E-state index in [4.69, 9.17) is 5.11 Å². The SMILES string of the molecule is C=NN(/C(C)=C\CC(=O)O)C(C)C.CC. The fraction of sp³-hybridized carbons (Fsp3) is 0.636. The van der Waals surface area contributed by atoms with E-state index in [0.717, 1.165) is 5.70 Å². The molecule has 0 bridgehead atoms. The highest BCUT2D eigenvalue weighted by Gasteiger charge is 2.06. The van der Waals surface area contributed by atoms with Gasteiger partial charge in [0.15, 0.2) is 0 Å². The van der Waals surface area contributed by atoms with Gasteiger partial charge in [0.25, 0.3) is 0 Å². The van der Waals surface area contributed by atoms with Crippen molar-refractivity contribution in [3.63, 3.8) is 0 Å². The Morgan fingerprint density at radius 3 is 2.27 bits per heavy atom. The summed E-state index contributed by atoms with van der Waals surface area (Å²) in [6, 6.07) is 0.197. The third-order valence-corrected chi connectivity index (χ3v) is 1.57. The molecule has 0 amide bonds. The van der Waals surface area contributed by atoms with Crippen molar-refractivity contribution in [2.45, 2.75) is 47.1 Å². The first kappa shape index (κ1) is 16.1. The lowest BCUT2D eigenvalue weighted by Crippen LogP contribution is -2.23. The summed E-state index contributed by atoms with van der Waals surface area (Å²) in [5.41, 5.74) is 0.812. The Hall–Kier alpha value is -1.32. The second kappa shape index (κ2) is 9.24. The Labute approximate surface area is 92.3 Å². The molecule has 0 rings (SSSR count). The van der Waals surface area contributed by atoms with Crippen LogP contribution in [0.15, 0.2) is 16.9 Å². The Kier molecular flexibility index (Phi) is 9.94. The molecule has 0 radical (unpaired) electrons. The molecule has 0 aliphatic carbocycles. The average Bonchev–Trinajstić information content (AvgIpc) is 2.18. The number of aliphatic carboxylic acids is 1. The largest absolute Gasteiger partial charge is 0.481 e. The van der Waals surface area contributed by atoms with Crippen molar-refractivity contribution in [3.8, 4) is 0 Å². The van der Waals surface area contributed by atoms with Crippen molar-refractivity contribution < 1.29 is 9.90 Å². The van der Waals surface area contributed by atoms with Crippen LogP contribution in [0.1, 0.15) is 41.0 Å². The first-order chi connectivity index (χ1) is 6.99. The van der Waals surface area contributed by atoms with Gasteiger partial charge in [-0.3, -0.25) is 9.80 Å². The standard InChI is InChI=1S/C9H16N2O2.C2H6/c1-7(2)11(10-4)8(3)5-6-9(12)13;1-2/h5,7H,4,6H2,1-3H3,(H,12,13);1-2H3/b8-5-;. The van der Waals surface area contributed by atoms with Gasteiger partial charge in [-0.25, -0.2) is 0 Å². The Morgan fingerprint density at radius 1 is 1.53 bits per heavy atom. The van der Waals surface area contributed by atoms with Crippen LogP contribution in [0.4, 0.5) is 0 Å². The van der Waals surface area contributed by atoms with Crippen molar-refractivity contribution in [2.24, 2.45) is 5.10 Å². The summed E-state index contributed by atoms with van der Waals surface area (Å²) in [5.74, 6) is -0.841. The van der Waals surface area contributed by atoms with Crippen LogP contribution >= 0.6 is 0 Å². The van der Waals surface area contributed by atoms with Gasteiger partial charge >= 0.3 is 5.97 Å². The highest BCUT2D eigenvalue weighted by Crippen LogP contribution is 2.09. The molecule has 1 N–H and O–H groups in total. The van der Waals surface area contributed by atoms with Crippen LogP contribution in [0.25, 0.3) is 0 Å². The highest BCUT2D eigenvalue weighted by molar-refractivity contribution is 5.68. The summed E-state index contributed by atoms with van der Waals surface area (Å²) in [6.45, 7) is 13.2. The van der Waals surface area contributed by atoms with Gasteiger partial charge < -0.3 is 5.11 Å². The smallest absolute Gasteiger partial charge is 0.307 e. The second-order valence-corrected chi connectivity index (χ2v) is 3.02. The summed E-state index contributed by atoms with van der Waals surface area (Å²) >= 11 is 0. The monoisotopic (exact) mass is 214 g/mol. The highest BCUT2D eigenvalue weighted by atomic mass is 16.4. The number of hydrogen-bond donors (Lipinski definition) is 1. The summed E-state index contributed by atoms with van der Waals surface area (Å²) < 4.78 is 0. The third-order valence-electron chi connectivity index (χ3n) is 1.57. The number of hydrogen-bond acceptors (Lipinski definition) is 3. The molecule has 88 valence electrons. The van der Waals surface area contributed by atoms with Crippen LogP contribution in [0.2, 0.25) is 0 Å². The number of carboxylic acid groups (broad SMARTS) is 1. The van der Waals surface area contributed by atoms with Gasteiger partial charge in [0.1, 0.15) is 0 Å². The molecular weight excluding hydrogens is 192 g/mol. The van der Waals surface area contributed by atoms with Gasteiger partial charge in [0.2, 0.25) is 0 Å². The molecule has 15 heavy (non-hydrogen) atoms. The van der Waals surface area contributed by atoms with E-state index in [0.29, 0.717) is 0 Å². The van der Waals surface area contributed by atoms with Gasteiger partial charge in [0, 0.05) is 18.5 Å². The maximum atomic E-state index is 10.3. The molecule has 0 aliphatic rings. The topological polar surface area (TPSA) is 52.9 Å². The van der Waals surface area contributed by atoms with Crippen molar-refractivity contribution in [2.75, 3.05) is 0 Å². The van der Waals surface area contributed by atoms with Gasteiger partial charge in [-0.15, -0.1) is 0 Å². The number of nitrogens with zero attached hydrogens (tertiary/aromatic N) is 2. The van der Waals surface area contributed by atoms with Crippen LogP contribution in [0.3, 0.4) is 0 Å². The van der Waals surface area contributed by atoms with Crippen LogP contribution in [0.5, 0.6) is 0 Å². The van der Waals surface area contributed by atoms with Gasteiger partial charge in [0.05, 0.1) is 6.42 Å². The van der Waals surface area contributed by atoms with Crippen LogP contribution in [-0.2, 0) is 4.79 Å². The van der Waals surface area contributed by atoms with Crippen LogP contribution < -0.4 is 0 Å². The first-order valence-electron chi connectivity index (χ1n) is 5.13. The number of allylic oxidation sites excluding steroid dienone is 1. The van der Waals surface area contributed by atoms with Gasteiger partial charge in [-0.1, -0.05) is 19.9 Å². The van der Waals surface area contributed by atoms with E-state index in [1.165, 1.54) is 0 Å². The number of rotatable bonds is 5. The molecule has 0 aromatic carbocycles. The summed E-state index contributed by atoms with van der Waals surface area (Å²) in [6.07, 6.45) is 1.64.